The summed E-state index contributed by atoms with van der Waals surface area (Å²) in [5, 5.41) is 12.2. The van der Waals surface area contributed by atoms with E-state index < -0.39 is 0 Å². The van der Waals surface area contributed by atoms with Crippen molar-refractivity contribution >= 4 is 0 Å². The second-order valence-electron chi connectivity index (χ2n) is 3.94. The lowest BCUT2D eigenvalue weighted by atomic mass is 10.1. The van der Waals surface area contributed by atoms with Crippen LogP contribution in [0.4, 0.5) is 0 Å². The molecule has 3 heteroatoms. The Morgan fingerprint density at radius 2 is 2.00 bits per heavy atom. The van der Waals surface area contributed by atoms with E-state index >= 15 is 0 Å². The number of hydrogen-bond donors (Lipinski definition) is 2. The van der Waals surface area contributed by atoms with Crippen molar-refractivity contribution in [2.24, 2.45) is 0 Å². The predicted octanol–water partition coefficient (Wildman–Crippen LogP) is 1.89. The summed E-state index contributed by atoms with van der Waals surface area (Å²) < 4.78 is 0. The summed E-state index contributed by atoms with van der Waals surface area (Å²) in [7, 11) is 0. The number of nitrogens with one attached hydrogen (secondary N) is 1. The van der Waals surface area contributed by atoms with E-state index in [1.807, 2.05) is 24.5 Å². The molecule has 0 aliphatic rings. The lowest BCUT2D eigenvalue weighted by Crippen LogP contribution is -2.29. The van der Waals surface area contributed by atoms with Crippen LogP contribution in [-0.4, -0.2) is 22.7 Å². The molecule has 0 unspecified atom stereocenters. The first-order valence-electron chi connectivity index (χ1n) is 5.51. The van der Waals surface area contributed by atoms with Gasteiger partial charge < -0.3 is 10.4 Å². The van der Waals surface area contributed by atoms with Gasteiger partial charge in [-0.3, -0.25) is 4.98 Å². The van der Waals surface area contributed by atoms with Crippen LogP contribution in [-0.2, 0) is 0 Å². The highest BCUT2D eigenvalue weighted by atomic mass is 16.2. The van der Waals surface area contributed by atoms with Crippen molar-refractivity contribution in [3.63, 3.8) is 0 Å². The van der Waals surface area contributed by atoms with Crippen molar-refractivity contribution in [1.82, 2.24) is 10.3 Å². The molecule has 0 saturated heterocycles. The Morgan fingerprint density at radius 3 is 2.60 bits per heavy atom. The van der Waals surface area contributed by atoms with Crippen LogP contribution in [0.2, 0.25) is 0 Å². The minimum atomic E-state index is 0.273. The fourth-order valence-electron chi connectivity index (χ4n) is 1.66. The number of pyridine rings is 1. The summed E-state index contributed by atoms with van der Waals surface area (Å²) in [6.07, 6.45) is 5.49. The van der Waals surface area contributed by atoms with Crippen LogP contribution in [0.15, 0.2) is 24.5 Å². The molecule has 0 aliphatic heterocycles. The van der Waals surface area contributed by atoms with E-state index in [9.17, 15) is 0 Å². The number of rotatable bonds is 6. The highest BCUT2D eigenvalue weighted by molar-refractivity contribution is 5.14. The minimum absolute atomic E-state index is 0.273. The maximum atomic E-state index is 8.73. The highest BCUT2D eigenvalue weighted by Crippen LogP contribution is 2.12. The molecule has 0 bridgehead atoms. The average Bonchev–Trinajstić information content (AvgIpc) is 2.27. The topological polar surface area (TPSA) is 45.1 Å². The molecular formula is C12H20N2O. The van der Waals surface area contributed by atoms with Crippen molar-refractivity contribution in [2.45, 2.75) is 38.8 Å². The van der Waals surface area contributed by atoms with Gasteiger partial charge in [0.15, 0.2) is 0 Å². The van der Waals surface area contributed by atoms with Gasteiger partial charge in [-0.25, -0.2) is 0 Å². The fourth-order valence-corrected chi connectivity index (χ4v) is 1.66. The third-order valence-corrected chi connectivity index (χ3v) is 2.54. The van der Waals surface area contributed by atoms with Crippen LogP contribution in [0, 0.1) is 0 Å². The predicted molar refractivity (Wildman–Crippen MR) is 61.6 cm³/mol. The molecule has 2 N–H and O–H groups in total. The number of hydrogen-bond acceptors (Lipinski definition) is 3. The van der Waals surface area contributed by atoms with Crippen molar-refractivity contribution in [3.8, 4) is 0 Å². The molecule has 1 aromatic rings. The molecule has 0 fully saturated rings. The quantitative estimate of drug-likeness (QED) is 0.750. The second kappa shape index (κ2) is 6.53. The summed E-state index contributed by atoms with van der Waals surface area (Å²) >= 11 is 0. The summed E-state index contributed by atoms with van der Waals surface area (Å²) in [5.74, 6) is 0. The summed E-state index contributed by atoms with van der Waals surface area (Å²) in [6, 6.07) is 4.81. The molecule has 0 amide bonds. The standard InChI is InChI=1S/C12H20N2O/c1-10(4-3-9-15)14-11(2)12-5-7-13-8-6-12/h5-8,10-11,14-15H,3-4,9H2,1-2H3/t10-,11-/m0/s1. The van der Waals surface area contributed by atoms with E-state index in [-0.39, 0.29) is 6.61 Å². The zero-order valence-corrected chi connectivity index (χ0v) is 9.48. The van der Waals surface area contributed by atoms with E-state index in [2.05, 4.69) is 24.1 Å². The van der Waals surface area contributed by atoms with Gasteiger partial charge in [-0.15, -0.1) is 0 Å². The Kier molecular flexibility index (Phi) is 5.29. The van der Waals surface area contributed by atoms with Gasteiger partial charge in [0.2, 0.25) is 0 Å². The molecule has 1 aromatic heterocycles. The molecule has 1 rings (SSSR count). The van der Waals surface area contributed by atoms with E-state index in [0.29, 0.717) is 12.1 Å². The number of aliphatic hydroxyl groups excluding tert-OH is 1. The summed E-state index contributed by atoms with van der Waals surface area (Å²) in [5.41, 5.74) is 1.25. The van der Waals surface area contributed by atoms with Gasteiger partial charge in [0, 0.05) is 31.1 Å². The average molecular weight is 208 g/mol. The SMILES string of the molecule is C[C@H](N[C@@H](C)CCCO)c1ccncc1. The molecule has 0 radical (unpaired) electrons. The van der Waals surface area contributed by atoms with Gasteiger partial charge in [-0.05, 0) is 44.4 Å². The molecule has 0 aromatic carbocycles. The van der Waals surface area contributed by atoms with Crippen molar-refractivity contribution in [2.75, 3.05) is 6.61 Å². The van der Waals surface area contributed by atoms with E-state index in [0.717, 1.165) is 12.8 Å². The highest BCUT2D eigenvalue weighted by Gasteiger charge is 2.08. The van der Waals surface area contributed by atoms with Crippen LogP contribution in [0.5, 0.6) is 0 Å². The Balaban J connectivity index is 2.38. The third-order valence-electron chi connectivity index (χ3n) is 2.54. The molecule has 3 nitrogen and oxygen atoms in total. The minimum Gasteiger partial charge on any atom is -0.396 e. The van der Waals surface area contributed by atoms with Crippen molar-refractivity contribution in [3.05, 3.63) is 30.1 Å². The van der Waals surface area contributed by atoms with Gasteiger partial charge in [-0.1, -0.05) is 0 Å². The molecule has 15 heavy (non-hydrogen) atoms. The van der Waals surface area contributed by atoms with Crippen molar-refractivity contribution < 1.29 is 5.11 Å². The summed E-state index contributed by atoms with van der Waals surface area (Å²) in [4.78, 5) is 4.00. The largest absolute Gasteiger partial charge is 0.396 e. The fraction of sp³-hybridized carbons (Fsp3) is 0.583. The lowest BCUT2D eigenvalue weighted by molar-refractivity contribution is 0.274. The lowest BCUT2D eigenvalue weighted by Gasteiger charge is -2.19. The van der Waals surface area contributed by atoms with E-state index in [1.54, 1.807) is 0 Å². The zero-order chi connectivity index (χ0) is 11.1. The van der Waals surface area contributed by atoms with Gasteiger partial charge >= 0.3 is 0 Å². The summed E-state index contributed by atoms with van der Waals surface area (Å²) in [6.45, 7) is 4.56. The number of nitrogens with zero attached hydrogens (tertiary/aromatic N) is 1. The smallest absolute Gasteiger partial charge is 0.0431 e. The van der Waals surface area contributed by atoms with Crippen LogP contribution >= 0.6 is 0 Å². The third kappa shape index (κ3) is 4.40. The molecule has 0 spiro atoms. The van der Waals surface area contributed by atoms with Crippen LogP contribution < -0.4 is 5.32 Å². The Hall–Kier alpha value is -0.930. The Morgan fingerprint density at radius 1 is 1.33 bits per heavy atom. The van der Waals surface area contributed by atoms with Gasteiger partial charge in [-0.2, -0.15) is 0 Å². The Labute approximate surface area is 91.5 Å². The van der Waals surface area contributed by atoms with Crippen LogP contribution in [0.3, 0.4) is 0 Å². The molecule has 0 saturated carbocycles. The van der Waals surface area contributed by atoms with Crippen molar-refractivity contribution in [1.29, 1.82) is 0 Å². The molecule has 1 heterocycles. The van der Waals surface area contributed by atoms with Gasteiger partial charge in [0.05, 0.1) is 0 Å². The molecule has 2 atom stereocenters. The number of aliphatic hydroxyl groups is 1. The molecule has 84 valence electrons. The second-order valence-corrected chi connectivity index (χ2v) is 3.94. The Bertz CT molecular complexity index is 264. The van der Waals surface area contributed by atoms with Crippen LogP contribution in [0.25, 0.3) is 0 Å². The first-order chi connectivity index (χ1) is 7.24. The van der Waals surface area contributed by atoms with Gasteiger partial charge in [0.25, 0.3) is 0 Å². The molecular weight excluding hydrogens is 188 g/mol. The monoisotopic (exact) mass is 208 g/mol. The van der Waals surface area contributed by atoms with Crippen LogP contribution in [0.1, 0.15) is 38.3 Å². The number of aromatic nitrogens is 1. The maximum Gasteiger partial charge on any atom is 0.0431 e. The first kappa shape index (κ1) is 12.1. The van der Waals surface area contributed by atoms with E-state index in [4.69, 9.17) is 5.11 Å². The van der Waals surface area contributed by atoms with Gasteiger partial charge in [0.1, 0.15) is 0 Å². The first-order valence-corrected chi connectivity index (χ1v) is 5.51. The van der Waals surface area contributed by atoms with E-state index in [1.165, 1.54) is 5.56 Å². The maximum absolute atomic E-state index is 8.73. The molecule has 0 aliphatic carbocycles. The zero-order valence-electron chi connectivity index (χ0n) is 9.48. The normalized spacial score (nSPS) is 14.9.